The van der Waals surface area contributed by atoms with Crippen LogP contribution in [-0.4, -0.2) is 17.0 Å². The monoisotopic (exact) mass is 286 g/mol. The number of rotatable bonds is 2. The lowest BCUT2D eigenvalue weighted by atomic mass is 9.66. The van der Waals surface area contributed by atoms with E-state index in [2.05, 4.69) is 0 Å². The van der Waals surface area contributed by atoms with E-state index in [1.807, 2.05) is 13.0 Å². The molecule has 98 valence electrons. The third kappa shape index (κ3) is 2.56. The normalized spacial score (nSPS) is 32.2. The van der Waals surface area contributed by atoms with Crippen LogP contribution in [-0.2, 0) is 10.2 Å². The molecule has 0 saturated heterocycles. The van der Waals surface area contributed by atoms with Crippen LogP contribution in [0, 0.1) is 0 Å². The van der Waals surface area contributed by atoms with Crippen molar-refractivity contribution in [1.29, 1.82) is 0 Å². The lowest BCUT2D eigenvalue weighted by molar-refractivity contribution is -0.115. The maximum Gasteiger partial charge on any atom is 0.130 e. The molecule has 0 atom stereocenters. The number of carbonyl (C=O) groups is 1. The molecule has 0 heterocycles. The molecule has 2 nitrogen and oxygen atoms in total. The second-order valence-electron chi connectivity index (χ2n) is 5.40. The van der Waals surface area contributed by atoms with E-state index in [-0.39, 0.29) is 0 Å². The van der Waals surface area contributed by atoms with Crippen molar-refractivity contribution in [2.24, 2.45) is 0 Å². The Labute approximate surface area is 117 Å². The molecular weight excluding hydrogens is 271 g/mol. The molecule has 18 heavy (non-hydrogen) atoms. The van der Waals surface area contributed by atoms with E-state index in [4.69, 9.17) is 23.2 Å². The molecule has 0 radical (unpaired) electrons. The molecule has 0 aromatic heterocycles. The van der Waals surface area contributed by atoms with Crippen molar-refractivity contribution in [1.82, 2.24) is 0 Å². The van der Waals surface area contributed by atoms with Crippen LogP contribution >= 0.6 is 23.2 Å². The van der Waals surface area contributed by atoms with Crippen molar-refractivity contribution in [3.63, 3.8) is 0 Å². The van der Waals surface area contributed by atoms with Gasteiger partial charge in [0.15, 0.2) is 0 Å². The summed E-state index contributed by atoms with van der Waals surface area (Å²) in [6.07, 6.45) is 3.50. The van der Waals surface area contributed by atoms with E-state index in [1.54, 1.807) is 12.1 Å². The van der Waals surface area contributed by atoms with Crippen molar-refractivity contribution < 1.29 is 9.90 Å². The first kappa shape index (κ1) is 13.9. The second kappa shape index (κ2) is 4.84. The maximum absolute atomic E-state index is 11.5. The van der Waals surface area contributed by atoms with Crippen molar-refractivity contribution in [2.75, 3.05) is 0 Å². The predicted octanol–water partition coefficient (Wildman–Crippen LogP) is 3.76. The highest BCUT2D eigenvalue weighted by Gasteiger charge is 2.40. The molecule has 1 saturated carbocycles. The molecule has 1 aromatic rings. The number of aldehydes is 1. The quantitative estimate of drug-likeness (QED) is 0.841. The summed E-state index contributed by atoms with van der Waals surface area (Å²) >= 11 is 11.9. The van der Waals surface area contributed by atoms with Crippen molar-refractivity contribution in [3.8, 4) is 0 Å². The molecule has 1 aliphatic carbocycles. The molecule has 1 fully saturated rings. The molecular formula is C14H16Cl2O2. The highest BCUT2D eigenvalue weighted by molar-refractivity contribution is 6.42. The van der Waals surface area contributed by atoms with Gasteiger partial charge in [0.1, 0.15) is 6.29 Å². The topological polar surface area (TPSA) is 37.3 Å². The van der Waals surface area contributed by atoms with Gasteiger partial charge in [0.2, 0.25) is 0 Å². The lowest BCUT2D eigenvalue weighted by Crippen LogP contribution is -2.40. The molecule has 2 rings (SSSR count). The fraction of sp³-hybridized carbons (Fsp3) is 0.500. The summed E-state index contributed by atoms with van der Waals surface area (Å²) in [5.41, 5.74) is -0.304. The predicted molar refractivity (Wildman–Crippen MR) is 73.3 cm³/mol. The Bertz CT molecular complexity index is 459. The number of carbonyl (C=O) groups excluding carboxylic acids is 1. The Kier molecular flexibility index (Phi) is 3.72. The Hall–Kier alpha value is -0.570. The molecule has 1 N–H and O–H groups in total. The third-order valence-electron chi connectivity index (χ3n) is 3.94. The average Bonchev–Trinajstić information content (AvgIpc) is 2.34. The molecule has 1 aromatic carbocycles. The molecule has 1 aliphatic rings. The first-order chi connectivity index (χ1) is 8.38. The van der Waals surface area contributed by atoms with E-state index >= 15 is 0 Å². The van der Waals surface area contributed by atoms with E-state index in [0.29, 0.717) is 35.7 Å². The van der Waals surface area contributed by atoms with Crippen LogP contribution in [0.1, 0.15) is 38.2 Å². The van der Waals surface area contributed by atoms with Crippen LogP contribution in [0.5, 0.6) is 0 Å². The number of benzene rings is 1. The van der Waals surface area contributed by atoms with Gasteiger partial charge >= 0.3 is 0 Å². The van der Waals surface area contributed by atoms with Gasteiger partial charge < -0.3 is 9.90 Å². The Balaban J connectivity index is 2.33. The molecule has 0 bridgehead atoms. The standard InChI is InChI=1S/C14H16Cl2O2/c1-13(18)4-6-14(9-17,7-5-13)10-2-3-11(15)12(16)8-10/h2-3,8-9,18H,4-7H2,1H3/t13-,14-. The first-order valence-electron chi connectivity index (χ1n) is 6.03. The Morgan fingerprint density at radius 1 is 1.17 bits per heavy atom. The van der Waals surface area contributed by atoms with Crippen LogP contribution < -0.4 is 0 Å². The molecule has 0 amide bonds. The molecule has 0 aliphatic heterocycles. The van der Waals surface area contributed by atoms with Crippen molar-refractivity contribution in [2.45, 2.75) is 43.6 Å². The van der Waals surface area contributed by atoms with Gasteiger partial charge in [-0.15, -0.1) is 0 Å². The van der Waals surface area contributed by atoms with Crippen LogP contribution in [0.15, 0.2) is 18.2 Å². The number of hydrogen-bond acceptors (Lipinski definition) is 2. The van der Waals surface area contributed by atoms with E-state index in [1.165, 1.54) is 0 Å². The van der Waals surface area contributed by atoms with Crippen LogP contribution in [0.25, 0.3) is 0 Å². The lowest BCUT2D eigenvalue weighted by Gasteiger charge is -2.39. The fourth-order valence-electron chi connectivity index (χ4n) is 2.52. The first-order valence-corrected chi connectivity index (χ1v) is 6.78. The SMILES string of the molecule is C[C@]1(O)CC[C@](C=O)(c2ccc(Cl)c(Cl)c2)CC1. The zero-order valence-electron chi connectivity index (χ0n) is 10.2. The summed E-state index contributed by atoms with van der Waals surface area (Å²) in [6, 6.07) is 5.33. The maximum atomic E-state index is 11.5. The second-order valence-corrected chi connectivity index (χ2v) is 6.21. The van der Waals surface area contributed by atoms with Gasteiger partial charge in [-0.25, -0.2) is 0 Å². The summed E-state index contributed by atoms with van der Waals surface area (Å²) in [5, 5.41) is 10.9. The minimum atomic E-state index is -0.664. The van der Waals surface area contributed by atoms with E-state index in [9.17, 15) is 9.90 Å². The largest absolute Gasteiger partial charge is 0.390 e. The van der Waals surface area contributed by atoms with Gasteiger partial charge in [0, 0.05) is 0 Å². The average molecular weight is 287 g/mol. The molecule has 4 heteroatoms. The fourth-order valence-corrected chi connectivity index (χ4v) is 2.81. The van der Waals surface area contributed by atoms with Crippen LogP contribution in [0.4, 0.5) is 0 Å². The third-order valence-corrected chi connectivity index (χ3v) is 4.68. The van der Waals surface area contributed by atoms with Crippen LogP contribution in [0.2, 0.25) is 10.0 Å². The number of aliphatic hydroxyl groups is 1. The Morgan fingerprint density at radius 3 is 2.28 bits per heavy atom. The highest BCUT2D eigenvalue weighted by atomic mass is 35.5. The molecule has 0 spiro atoms. The molecule has 0 unspecified atom stereocenters. The van der Waals surface area contributed by atoms with Gasteiger partial charge in [-0.3, -0.25) is 0 Å². The zero-order chi connectivity index (χ0) is 13.4. The number of halogens is 2. The van der Waals surface area contributed by atoms with Crippen molar-refractivity contribution >= 4 is 29.5 Å². The van der Waals surface area contributed by atoms with Gasteiger partial charge in [-0.1, -0.05) is 29.3 Å². The van der Waals surface area contributed by atoms with E-state index in [0.717, 1.165) is 11.8 Å². The smallest absolute Gasteiger partial charge is 0.130 e. The summed E-state index contributed by atoms with van der Waals surface area (Å²) < 4.78 is 0. The summed E-state index contributed by atoms with van der Waals surface area (Å²) in [6.45, 7) is 1.82. The number of hydrogen-bond donors (Lipinski definition) is 1. The van der Waals surface area contributed by atoms with Gasteiger partial charge in [0.25, 0.3) is 0 Å². The minimum absolute atomic E-state index is 0.465. The van der Waals surface area contributed by atoms with E-state index < -0.39 is 11.0 Å². The Morgan fingerprint density at radius 2 is 1.78 bits per heavy atom. The van der Waals surface area contributed by atoms with Gasteiger partial charge in [0.05, 0.1) is 21.1 Å². The highest BCUT2D eigenvalue weighted by Crippen LogP contribution is 2.42. The van der Waals surface area contributed by atoms with Gasteiger partial charge in [-0.05, 0) is 50.3 Å². The van der Waals surface area contributed by atoms with Crippen molar-refractivity contribution in [3.05, 3.63) is 33.8 Å². The zero-order valence-corrected chi connectivity index (χ0v) is 11.8. The summed E-state index contributed by atoms with van der Waals surface area (Å²) in [4.78, 5) is 11.5. The van der Waals surface area contributed by atoms with Gasteiger partial charge in [-0.2, -0.15) is 0 Å². The summed E-state index contributed by atoms with van der Waals surface area (Å²) in [5.74, 6) is 0. The minimum Gasteiger partial charge on any atom is -0.390 e. The van der Waals surface area contributed by atoms with Crippen LogP contribution in [0.3, 0.4) is 0 Å². The summed E-state index contributed by atoms with van der Waals surface area (Å²) in [7, 11) is 0.